The largest absolute Gasteiger partial charge is 0.416 e. The second-order valence-electron chi connectivity index (χ2n) is 4.37. The van der Waals surface area contributed by atoms with Crippen LogP contribution in [0, 0.1) is 0 Å². The molecular formula is C12H13F3N2O. The van der Waals surface area contributed by atoms with E-state index in [9.17, 15) is 18.0 Å². The van der Waals surface area contributed by atoms with Crippen molar-refractivity contribution in [2.24, 2.45) is 0 Å². The number of rotatable bonds is 1. The summed E-state index contributed by atoms with van der Waals surface area (Å²) in [7, 11) is 0. The predicted molar refractivity (Wildman–Crippen MR) is 59.8 cm³/mol. The molecule has 0 spiro atoms. The molecule has 6 heteroatoms. The highest BCUT2D eigenvalue weighted by molar-refractivity contribution is 5.84. The van der Waals surface area contributed by atoms with E-state index < -0.39 is 17.8 Å². The van der Waals surface area contributed by atoms with Crippen LogP contribution in [0.2, 0.25) is 0 Å². The average molecular weight is 258 g/mol. The summed E-state index contributed by atoms with van der Waals surface area (Å²) < 4.78 is 37.7. The number of halogens is 3. The summed E-state index contributed by atoms with van der Waals surface area (Å²) in [5, 5.41) is 5.64. The Bertz CT molecular complexity index is 459. The van der Waals surface area contributed by atoms with Crippen molar-refractivity contribution in [3.05, 3.63) is 35.4 Å². The Morgan fingerprint density at radius 1 is 1.33 bits per heavy atom. The Balaban J connectivity index is 2.26. The number of alkyl halides is 3. The van der Waals surface area contributed by atoms with Gasteiger partial charge in [-0.2, -0.15) is 13.2 Å². The lowest BCUT2D eigenvalue weighted by atomic mass is 10.0. The van der Waals surface area contributed by atoms with Crippen LogP contribution in [0.25, 0.3) is 0 Å². The van der Waals surface area contributed by atoms with E-state index in [-0.39, 0.29) is 11.9 Å². The molecule has 18 heavy (non-hydrogen) atoms. The molecule has 1 amide bonds. The number of amides is 1. The van der Waals surface area contributed by atoms with Gasteiger partial charge < -0.3 is 10.6 Å². The van der Waals surface area contributed by atoms with Crippen LogP contribution in [-0.2, 0) is 11.0 Å². The number of hydrogen-bond donors (Lipinski definition) is 2. The number of nitrogens with one attached hydrogen (secondary N) is 2. The summed E-state index contributed by atoms with van der Waals surface area (Å²) >= 11 is 0. The third-order valence-electron chi connectivity index (χ3n) is 2.83. The molecule has 0 unspecified atom stereocenters. The zero-order valence-electron chi connectivity index (χ0n) is 9.71. The average Bonchev–Trinajstić information content (AvgIpc) is 2.28. The number of carbonyl (C=O) groups excluding carboxylic acids is 1. The molecule has 1 saturated heterocycles. The normalized spacial score (nSPS) is 24.8. The summed E-state index contributed by atoms with van der Waals surface area (Å²) in [6.45, 7) is 2.36. The summed E-state index contributed by atoms with van der Waals surface area (Å²) in [6, 6.07) is 4.09. The minimum absolute atomic E-state index is 0.0143. The second kappa shape index (κ2) is 4.61. The highest BCUT2D eigenvalue weighted by atomic mass is 19.4. The summed E-state index contributed by atoms with van der Waals surface area (Å²) in [6.07, 6.45) is -4.39. The lowest BCUT2D eigenvalue weighted by molar-refractivity contribution is -0.137. The van der Waals surface area contributed by atoms with Crippen LogP contribution in [0.1, 0.15) is 24.1 Å². The Morgan fingerprint density at radius 2 is 2.06 bits per heavy atom. The molecule has 0 saturated carbocycles. The minimum Gasteiger partial charge on any atom is -0.351 e. The van der Waals surface area contributed by atoms with Crippen molar-refractivity contribution in [2.75, 3.05) is 6.54 Å². The van der Waals surface area contributed by atoms with Gasteiger partial charge in [0.25, 0.3) is 0 Å². The maximum absolute atomic E-state index is 12.6. The lowest BCUT2D eigenvalue weighted by Gasteiger charge is -2.28. The van der Waals surface area contributed by atoms with E-state index in [0.717, 1.165) is 12.1 Å². The van der Waals surface area contributed by atoms with Crippen molar-refractivity contribution >= 4 is 5.91 Å². The van der Waals surface area contributed by atoms with Crippen LogP contribution in [0.5, 0.6) is 0 Å². The first-order chi connectivity index (χ1) is 8.38. The zero-order chi connectivity index (χ0) is 13.3. The smallest absolute Gasteiger partial charge is 0.351 e. The first-order valence-corrected chi connectivity index (χ1v) is 5.59. The van der Waals surface area contributed by atoms with E-state index in [4.69, 9.17) is 0 Å². The Kier molecular flexibility index (Phi) is 3.30. The van der Waals surface area contributed by atoms with Crippen LogP contribution in [0.15, 0.2) is 24.3 Å². The molecule has 1 aliphatic rings. The molecule has 0 aromatic heterocycles. The molecule has 0 radical (unpaired) electrons. The predicted octanol–water partition coefficient (Wildman–Crippen LogP) is 1.85. The van der Waals surface area contributed by atoms with Gasteiger partial charge in [-0.05, 0) is 24.6 Å². The number of hydrogen-bond acceptors (Lipinski definition) is 2. The van der Waals surface area contributed by atoms with Crippen LogP contribution >= 0.6 is 0 Å². The SMILES string of the molecule is C[C@@H]1CN[C@@H](c2cccc(C(F)(F)F)c2)C(=O)N1. The maximum Gasteiger partial charge on any atom is 0.416 e. The molecular weight excluding hydrogens is 245 g/mol. The van der Waals surface area contributed by atoms with Gasteiger partial charge in [-0.15, -0.1) is 0 Å². The zero-order valence-corrected chi connectivity index (χ0v) is 9.71. The standard InChI is InChI=1S/C12H13F3N2O/c1-7-6-16-10(11(18)17-7)8-3-2-4-9(5-8)12(13,14)15/h2-5,7,10,16H,6H2,1H3,(H,17,18)/t7-,10+/m1/s1. The van der Waals surface area contributed by atoms with Gasteiger partial charge in [-0.1, -0.05) is 12.1 Å². The molecule has 1 aromatic carbocycles. The van der Waals surface area contributed by atoms with Gasteiger partial charge in [-0.25, -0.2) is 0 Å². The lowest BCUT2D eigenvalue weighted by Crippen LogP contribution is -2.52. The Labute approximate surface area is 102 Å². The van der Waals surface area contributed by atoms with Gasteiger partial charge in [0.05, 0.1) is 5.56 Å². The quantitative estimate of drug-likeness (QED) is 0.807. The summed E-state index contributed by atoms with van der Waals surface area (Å²) in [4.78, 5) is 11.7. The molecule has 2 rings (SSSR count). The molecule has 2 N–H and O–H groups in total. The van der Waals surface area contributed by atoms with Gasteiger partial charge in [0.2, 0.25) is 5.91 Å². The third-order valence-corrected chi connectivity index (χ3v) is 2.83. The molecule has 2 atom stereocenters. The first-order valence-electron chi connectivity index (χ1n) is 5.59. The fourth-order valence-corrected chi connectivity index (χ4v) is 1.93. The van der Waals surface area contributed by atoms with Gasteiger partial charge in [0, 0.05) is 12.6 Å². The van der Waals surface area contributed by atoms with Crippen LogP contribution in [-0.4, -0.2) is 18.5 Å². The van der Waals surface area contributed by atoms with Gasteiger partial charge in [0.15, 0.2) is 0 Å². The van der Waals surface area contributed by atoms with Crippen molar-refractivity contribution in [1.82, 2.24) is 10.6 Å². The fraction of sp³-hybridized carbons (Fsp3) is 0.417. The summed E-state index contributed by atoms with van der Waals surface area (Å²) in [5.74, 6) is -0.298. The van der Waals surface area contributed by atoms with Gasteiger partial charge in [0.1, 0.15) is 6.04 Å². The highest BCUT2D eigenvalue weighted by Gasteiger charge is 2.32. The van der Waals surface area contributed by atoms with E-state index in [1.54, 1.807) is 0 Å². The molecule has 1 fully saturated rings. The van der Waals surface area contributed by atoms with E-state index in [1.165, 1.54) is 12.1 Å². The molecule has 1 aromatic rings. The van der Waals surface area contributed by atoms with Crippen molar-refractivity contribution in [3.63, 3.8) is 0 Å². The number of carbonyl (C=O) groups is 1. The highest BCUT2D eigenvalue weighted by Crippen LogP contribution is 2.31. The number of piperazine rings is 1. The van der Waals surface area contributed by atoms with Crippen molar-refractivity contribution in [3.8, 4) is 0 Å². The van der Waals surface area contributed by atoms with Crippen molar-refractivity contribution in [1.29, 1.82) is 0 Å². The molecule has 1 aliphatic heterocycles. The monoisotopic (exact) mass is 258 g/mol. The molecule has 1 heterocycles. The topological polar surface area (TPSA) is 41.1 Å². The Hall–Kier alpha value is -1.56. The van der Waals surface area contributed by atoms with E-state index >= 15 is 0 Å². The molecule has 0 aliphatic carbocycles. The van der Waals surface area contributed by atoms with Crippen LogP contribution in [0.3, 0.4) is 0 Å². The minimum atomic E-state index is -4.39. The van der Waals surface area contributed by atoms with E-state index in [1.807, 2.05) is 6.92 Å². The third kappa shape index (κ3) is 2.64. The van der Waals surface area contributed by atoms with Crippen molar-refractivity contribution < 1.29 is 18.0 Å². The first kappa shape index (κ1) is 12.9. The van der Waals surface area contributed by atoms with Crippen LogP contribution in [0.4, 0.5) is 13.2 Å². The van der Waals surface area contributed by atoms with Gasteiger partial charge >= 0.3 is 6.18 Å². The second-order valence-corrected chi connectivity index (χ2v) is 4.37. The van der Waals surface area contributed by atoms with E-state index in [2.05, 4.69) is 10.6 Å². The fourth-order valence-electron chi connectivity index (χ4n) is 1.93. The number of benzene rings is 1. The van der Waals surface area contributed by atoms with Gasteiger partial charge in [-0.3, -0.25) is 4.79 Å². The summed E-state index contributed by atoms with van der Waals surface area (Å²) in [5.41, 5.74) is -0.414. The molecule has 3 nitrogen and oxygen atoms in total. The van der Waals surface area contributed by atoms with Crippen LogP contribution < -0.4 is 10.6 Å². The molecule has 98 valence electrons. The Morgan fingerprint density at radius 3 is 2.67 bits per heavy atom. The molecule has 0 bridgehead atoms. The van der Waals surface area contributed by atoms with E-state index in [0.29, 0.717) is 12.1 Å². The maximum atomic E-state index is 12.6. The van der Waals surface area contributed by atoms with Crippen molar-refractivity contribution in [2.45, 2.75) is 25.2 Å².